The first-order valence-electron chi connectivity index (χ1n) is 7.81. The Kier molecular flexibility index (Phi) is 6.34. The van der Waals surface area contributed by atoms with Crippen LogP contribution in [0.15, 0.2) is 40.9 Å². The second-order valence-electron chi connectivity index (χ2n) is 6.04. The van der Waals surface area contributed by atoms with E-state index in [-0.39, 0.29) is 11.9 Å². The topological polar surface area (TPSA) is 90.6 Å². The van der Waals surface area contributed by atoms with Crippen molar-refractivity contribution >= 4 is 11.8 Å². The third-order valence-electron chi connectivity index (χ3n) is 3.58. The number of aliphatic hydroxyl groups excluding tert-OH is 1. The molecule has 0 saturated carbocycles. The summed E-state index contributed by atoms with van der Waals surface area (Å²) in [6.45, 7) is 2.72. The molecule has 130 valence electrons. The number of hydrogen-bond donors (Lipinski definition) is 3. The molecule has 0 fully saturated rings. The second kappa shape index (κ2) is 8.47. The molecule has 2 unspecified atom stereocenters. The molecular formula is C17H24N4O3. The number of benzene rings is 1. The Bertz CT molecular complexity index is 642. The lowest BCUT2D eigenvalue weighted by Gasteiger charge is -2.26. The normalized spacial score (nSPS) is 13.5. The van der Waals surface area contributed by atoms with Gasteiger partial charge in [-0.3, -0.25) is 5.32 Å². The second-order valence-corrected chi connectivity index (χ2v) is 6.04. The van der Waals surface area contributed by atoms with E-state index in [1.807, 2.05) is 49.3 Å². The zero-order valence-corrected chi connectivity index (χ0v) is 14.2. The Balaban J connectivity index is 1.94. The molecule has 0 aliphatic rings. The molecule has 1 heterocycles. The van der Waals surface area contributed by atoms with Crippen LogP contribution in [0.4, 0.5) is 10.6 Å². The van der Waals surface area contributed by atoms with Gasteiger partial charge in [-0.15, -0.1) is 0 Å². The molecule has 3 N–H and O–H groups in total. The van der Waals surface area contributed by atoms with Crippen LogP contribution in [-0.2, 0) is 0 Å². The number of aliphatic hydroxyl groups is 1. The van der Waals surface area contributed by atoms with Crippen LogP contribution in [0.3, 0.4) is 0 Å². The molecule has 0 radical (unpaired) electrons. The zero-order valence-electron chi connectivity index (χ0n) is 14.2. The first-order chi connectivity index (χ1) is 11.5. The van der Waals surface area contributed by atoms with Crippen LogP contribution in [0.25, 0.3) is 0 Å². The van der Waals surface area contributed by atoms with E-state index in [2.05, 4.69) is 15.8 Å². The summed E-state index contributed by atoms with van der Waals surface area (Å²) in [5.74, 6) is 0.834. The van der Waals surface area contributed by atoms with Crippen LogP contribution in [0, 0.1) is 12.8 Å². The molecule has 24 heavy (non-hydrogen) atoms. The first-order valence-corrected chi connectivity index (χ1v) is 7.81. The summed E-state index contributed by atoms with van der Waals surface area (Å²) in [6, 6.07) is 10.7. The first kappa shape index (κ1) is 18.0. The maximum atomic E-state index is 12.0. The lowest BCUT2D eigenvalue weighted by molar-refractivity contribution is 0.0911. The molecule has 7 nitrogen and oxygen atoms in total. The number of aryl methyl sites for hydroxylation is 1. The quantitative estimate of drug-likeness (QED) is 0.721. The predicted octanol–water partition coefficient (Wildman–Crippen LogP) is 2.02. The zero-order chi connectivity index (χ0) is 17.5. The van der Waals surface area contributed by atoms with Gasteiger partial charge in [-0.25, -0.2) is 4.79 Å². The summed E-state index contributed by atoms with van der Waals surface area (Å²) in [5, 5.41) is 19.7. The molecule has 0 aliphatic heterocycles. The van der Waals surface area contributed by atoms with E-state index >= 15 is 0 Å². The molecule has 0 spiro atoms. The summed E-state index contributed by atoms with van der Waals surface area (Å²) in [4.78, 5) is 14.0. The van der Waals surface area contributed by atoms with Gasteiger partial charge in [0.15, 0.2) is 5.82 Å². The standard InChI is InChI=1S/C17H24N4O3/c1-12-9-15(20-24-12)19-17(23)18-10-14(11-21(2)3)16(22)13-7-5-4-6-8-13/h4-9,14,16,22H,10-11H2,1-3H3,(H2,18,19,20,23). The van der Waals surface area contributed by atoms with E-state index in [1.165, 1.54) is 0 Å². The Morgan fingerprint density at radius 3 is 2.62 bits per heavy atom. The van der Waals surface area contributed by atoms with E-state index in [1.54, 1.807) is 13.0 Å². The molecule has 0 saturated heterocycles. The molecule has 2 amide bonds. The molecule has 1 aromatic heterocycles. The van der Waals surface area contributed by atoms with Crippen LogP contribution in [0.5, 0.6) is 0 Å². The monoisotopic (exact) mass is 332 g/mol. The van der Waals surface area contributed by atoms with E-state index in [4.69, 9.17) is 4.52 Å². The number of aromatic nitrogens is 1. The highest BCUT2D eigenvalue weighted by atomic mass is 16.5. The highest BCUT2D eigenvalue weighted by Crippen LogP contribution is 2.22. The van der Waals surface area contributed by atoms with Crippen LogP contribution in [0.1, 0.15) is 17.4 Å². The predicted molar refractivity (Wildman–Crippen MR) is 91.7 cm³/mol. The number of nitrogens with one attached hydrogen (secondary N) is 2. The molecule has 0 bridgehead atoms. The van der Waals surface area contributed by atoms with Gasteiger partial charge < -0.3 is 19.8 Å². The number of carbonyl (C=O) groups excluding carboxylic acids is 1. The van der Waals surface area contributed by atoms with Crippen molar-refractivity contribution in [2.45, 2.75) is 13.0 Å². The number of hydrogen-bond acceptors (Lipinski definition) is 5. The number of nitrogens with zero attached hydrogens (tertiary/aromatic N) is 2. The summed E-state index contributed by atoms with van der Waals surface area (Å²) in [7, 11) is 3.87. The minimum Gasteiger partial charge on any atom is -0.388 e. The molecule has 2 rings (SSSR count). The van der Waals surface area contributed by atoms with Crippen LogP contribution in [0.2, 0.25) is 0 Å². The minimum absolute atomic E-state index is 0.146. The van der Waals surface area contributed by atoms with Crippen LogP contribution in [-0.4, -0.2) is 48.4 Å². The summed E-state index contributed by atoms with van der Waals surface area (Å²) in [6.07, 6.45) is -0.664. The number of anilines is 1. The van der Waals surface area contributed by atoms with Gasteiger partial charge in [0.1, 0.15) is 5.76 Å². The molecule has 7 heteroatoms. The summed E-state index contributed by atoms with van der Waals surface area (Å²) in [5.41, 5.74) is 0.832. The fourth-order valence-corrected chi connectivity index (χ4v) is 2.48. The van der Waals surface area contributed by atoms with E-state index < -0.39 is 6.10 Å². The highest BCUT2D eigenvalue weighted by molar-refractivity contribution is 5.88. The number of urea groups is 1. The third-order valence-corrected chi connectivity index (χ3v) is 3.58. The molecule has 2 aromatic rings. The number of rotatable bonds is 7. The highest BCUT2D eigenvalue weighted by Gasteiger charge is 2.22. The van der Waals surface area contributed by atoms with Crippen LogP contribution < -0.4 is 10.6 Å². The van der Waals surface area contributed by atoms with Gasteiger partial charge in [0, 0.05) is 25.1 Å². The SMILES string of the molecule is Cc1cc(NC(=O)NCC(CN(C)C)C(O)c2ccccc2)no1. The van der Waals surface area contributed by atoms with Crippen molar-refractivity contribution in [1.82, 2.24) is 15.4 Å². The van der Waals surface area contributed by atoms with Gasteiger partial charge in [-0.1, -0.05) is 35.5 Å². The van der Waals surface area contributed by atoms with Gasteiger partial charge >= 0.3 is 6.03 Å². The summed E-state index contributed by atoms with van der Waals surface area (Å²) < 4.78 is 4.90. The Labute approximate surface area is 141 Å². The van der Waals surface area contributed by atoms with Crippen molar-refractivity contribution < 1.29 is 14.4 Å². The maximum Gasteiger partial charge on any atom is 0.320 e. The number of carbonyl (C=O) groups is 1. The fourth-order valence-electron chi connectivity index (χ4n) is 2.48. The summed E-state index contributed by atoms with van der Waals surface area (Å²) >= 11 is 0. The van der Waals surface area contributed by atoms with Gasteiger partial charge in [-0.05, 0) is 26.6 Å². The van der Waals surface area contributed by atoms with Gasteiger partial charge in [0.05, 0.1) is 6.10 Å². The fraction of sp³-hybridized carbons (Fsp3) is 0.412. The third kappa shape index (κ3) is 5.36. The van der Waals surface area contributed by atoms with Crippen molar-refractivity contribution in [3.63, 3.8) is 0 Å². The van der Waals surface area contributed by atoms with Crippen molar-refractivity contribution in [1.29, 1.82) is 0 Å². The van der Waals surface area contributed by atoms with Crippen LogP contribution >= 0.6 is 0 Å². The van der Waals surface area contributed by atoms with E-state index in [9.17, 15) is 9.90 Å². The van der Waals surface area contributed by atoms with Crippen molar-refractivity contribution in [3.8, 4) is 0 Å². The van der Waals surface area contributed by atoms with Crippen molar-refractivity contribution in [2.24, 2.45) is 5.92 Å². The van der Waals surface area contributed by atoms with Gasteiger partial charge in [0.25, 0.3) is 0 Å². The molecule has 2 atom stereocenters. The number of amides is 2. The Morgan fingerprint density at radius 1 is 1.33 bits per heavy atom. The smallest absolute Gasteiger partial charge is 0.320 e. The lowest BCUT2D eigenvalue weighted by atomic mass is 9.95. The average molecular weight is 332 g/mol. The Hall–Kier alpha value is -2.38. The minimum atomic E-state index is -0.664. The van der Waals surface area contributed by atoms with E-state index in [0.717, 1.165) is 5.56 Å². The molecule has 0 aliphatic carbocycles. The van der Waals surface area contributed by atoms with Gasteiger partial charge in [-0.2, -0.15) is 0 Å². The molecule has 1 aromatic carbocycles. The van der Waals surface area contributed by atoms with Gasteiger partial charge in [0.2, 0.25) is 0 Å². The lowest BCUT2D eigenvalue weighted by Crippen LogP contribution is -2.39. The maximum absolute atomic E-state index is 12.0. The largest absolute Gasteiger partial charge is 0.388 e. The van der Waals surface area contributed by atoms with Crippen molar-refractivity contribution in [3.05, 3.63) is 47.7 Å². The molecular weight excluding hydrogens is 308 g/mol. The average Bonchev–Trinajstić information content (AvgIpc) is 2.96. The Morgan fingerprint density at radius 2 is 2.04 bits per heavy atom. The van der Waals surface area contributed by atoms with E-state index in [0.29, 0.717) is 24.7 Å². The van der Waals surface area contributed by atoms with Crippen molar-refractivity contribution in [2.75, 3.05) is 32.5 Å².